The number of aromatic nitrogens is 1. The summed E-state index contributed by atoms with van der Waals surface area (Å²) >= 11 is 0. The Morgan fingerprint density at radius 2 is 2.33 bits per heavy atom. The molecule has 1 heterocycles. The lowest BCUT2D eigenvalue weighted by Crippen LogP contribution is -2.31. The number of nitrogens with one attached hydrogen (secondary N) is 1. The van der Waals surface area contributed by atoms with Crippen LogP contribution in [0.15, 0.2) is 24.5 Å². The van der Waals surface area contributed by atoms with E-state index in [4.69, 9.17) is 0 Å². The van der Waals surface area contributed by atoms with Gasteiger partial charge in [0.25, 0.3) is 0 Å². The average molecular weight is 207 g/mol. The van der Waals surface area contributed by atoms with Crippen LogP contribution in [0.4, 0.5) is 0 Å². The number of hydrogen-bond acceptors (Lipinski definition) is 3. The highest BCUT2D eigenvalue weighted by Gasteiger charge is 2.08. The van der Waals surface area contributed by atoms with E-state index in [1.54, 1.807) is 0 Å². The van der Waals surface area contributed by atoms with Gasteiger partial charge in [-0.25, -0.2) is 0 Å². The minimum atomic E-state index is 0.595. The Morgan fingerprint density at radius 1 is 1.53 bits per heavy atom. The fourth-order valence-corrected chi connectivity index (χ4v) is 1.51. The van der Waals surface area contributed by atoms with Gasteiger partial charge in [-0.15, -0.1) is 0 Å². The fraction of sp³-hybridized carbons (Fsp3) is 0.583. The molecule has 0 radical (unpaired) electrons. The minimum Gasteiger partial charge on any atom is -0.320 e. The van der Waals surface area contributed by atoms with Gasteiger partial charge in [-0.05, 0) is 45.6 Å². The Kier molecular flexibility index (Phi) is 5.29. The van der Waals surface area contributed by atoms with Crippen molar-refractivity contribution in [1.29, 1.82) is 0 Å². The zero-order valence-electron chi connectivity index (χ0n) is 9.90. The number of pyridine rings is 1. The van der Waals surface area contributed by atoms with Crippen molar-refractivity contribution in [3.05, 3.63) is 30.1 Å². The normalized spacial score (nSPS) is 13.1. The third-order valence-electron chi connectivity index (χ3n) is 2.72. The molecule has 0 aliphatic carbocycles. The molecule has 0 bridgehead atoms. The third kappa shape index (κ3) is 4.40. The van der Waals surface area contributed by atoms with Crippen LogP contribution in [-0.4, -0.2) is 36.6 Å². The maximum absolute atomic E-state index is 4.12. The van der Waals surface area contributed by atoms with E-state index in [1.165, 1.54) is 12.0 Å². The van der Waals surface area contributed by atoms with Gasteiger partial charge in [-0.3, -0.25) is 9.88 Å². The largest absolute Gasteiger partial charge is 0.320 e. The number of nitrogens with zero attached hydrogens (tertiary/aromatic N) is 2. The van der Waals surface area contributed by atoms with Crippen LogP contribution in [-0.2, 0) is 6.54 Å². The van der Waals surface area contributed by atoms with Crippen LogP contribution < -0.4 is 5.32 Å². The van der Waals surface area contributed by atoms with Gasteiger partial charge in [-0.2, -0.15) is 0 Å². The number of hydrogen-bond donors (Lipinski definition) is 1. The van der Waals surface area contributed by atoms with Gasteiger partial charge in [0.05, 0.1) is 0 Å². The van der Waals surface area contributed by atoms with E-state index in [2.05, 4.69) is 35.2 Å². The summed E-state index contributed by atoms with van der Waals surface area (Å²) in [5, 5.41) is 3.18. The van der Waals surface area contributed by atoms with E-state index >= 15 is 0 Å². The summed E-state index contributed by atoms with van der Waals surface area (Å²) in [5.41, 5.74) is 1.27. The molecule has 1 unspecified atom stereocenters. The lowest BCUT2D eigenvalue weighted by molar-refractivity contribution is 0.237. The van der Waals surface area contributed by atoms with Crippen molar-refractivity contribution in [1.82, 2.24) is 15.2 Å². The Morgan fingerprint density at radius 3 is 2.93 bits per heavy atom. The molecule has 3 nitrogen and oxygen atoms in total. The molecule has 1 aromatic rings. The van der Waals surface area contributed by atoms with Crippen molar-refractivity contribution in [3.63, 3.8) is 0 Å². The van der Waals surface area contributed by atoms with Gasteiger partial charge >= 0.3 is 0 Å². The molecular weight excluding hydrogens is 186 g/mol. The standard InChI is InChI=1S/C12H21N3/c1-11(6-8-13-2)15(3)10-12-5-4-7-14-9-12/h4-5,7,9,11,13H,6,8,10H2,1-3H3. The molecule has 0 aromatic carbocycles. The smallest absolute Gasteiger partial charge is 0.0312 e. The predicted octanol–water partition coefficient (Wildman–Crippen LogP) is 1.51. The second-order valence-electron chi connectivity index (χ2n) is 4.02. The maximum Gasteiger partial charge on any atom is 0.0312 e. The molecule has 0 saturated heterocycles. The van der Waals surface area contributed by atoms with Gasteiger partial charge < -0.3 is 5.32 Å². The lowest BCUT2D eigenvalue weighted by atomic mass is 10.2. The summed E-state index contributed by atoms with van der Waals surface area (Å²) in [6.45, 7) is 4.30. The first-order chi connectivity index (χ1) is 7.24. The van der Waals surface area contributed by atoms with Crippen LogP contribution in [0.2, 0.25) is 0 Å². The molecule has 0 fully saturated rings. The van der Waals surface area contributed by atoms with Crippen LogP contribution >= 0.6 is 0 Å². The summed E-state index contributed by atoms with van der Waals surface area (Å²) in [6, 6.07) is 4.70. The predicted molar refractivity (Wildman–Crippen MR) is 63.7 cm³/mol. The van der Waals surface area contributed by atoms with Crippen molar-refractivity contribution < 1.29 is 0 Å². The molecule has 0 spiro atoms. The second kappa shape index (κ2) is 6.53. The molecule has 0 amide bonds. The van der Waals surface area contributed by atoms with E-state index in [0.717, 1.165) is 13.1 Å². The Labute approximate surface area is 92.5 Å². The second-order valence-corrected chi connectivity index (χ2v) is 4.02. The van der Waals surface area contributed by atoms with E-state index in [0.29, 0.717) is 6.04 Å². The monoisotopic (exact) mass is 207 g/mol. The summed E-state index contributed by atoms with van der Waals surface area (Å²) in [7, 11) is 4.15. The van der Waals surface area contributed by atoms with E-state index in [-0.39, 0.29) is 0 Å². The summed E-state index contributed by atoms with van der Waals surface area (Å²) in [6.07, 6.45) is 4.92. The topological polar surface area (TPSA) is 28.2 Å². The Bertz CT molecular complexity index is 261. The van der Waals surface area contributed by atoms with Crippen LogP contribution in [0, 0.1) is 0 Å². The van der Waals surface area contributed by atoms with Gasteiger partial charge in [0.2, 0.25) is 0 Å². The van der Waals surface area contributed by atoms with E-state index in [9.17, 15) is 0 Å². The molecule has 1 N–H and O–H groups in total. The molecular formula is C12H21N3. The van der Waals surface area contributed by atoms with Crippen LogP contribution in [0.25, 0.3) is 0 Å². The summed E-state index contributed by atoms with van der Waals surface area (Å²) < 4.78 is 0. The average Bonchev–Trinajstić information content (AvgIpc) is 2.27. The molecule has 84 valence electrons. The molecule has 0 aliphatic heterocycles. The van der Waals surface area contributed by atoms with Gasteiger partial charge in [-0.1, -0.05) is 6.07 Å². The van der Waals surface area contributed by atoms with Crippen LogP contribution in [0.5, 0.6) is 0 Å². The minimum absolute atomic E-state index is 0.595. The lowest BCUT2D eigenvalue weighted by Gasteiger charge is -2.24. The summed E-state index contributed by atoms with van der Waals surface area (Å²) in [4.78, 5) is 6.48. The molecule has 15 heavy (non-hydrogen) atoms. The number of rotatable bonds is 6. The van der Waals surface area contributed by atoms with E-state index < -0.39 is 0 Å². The van der Waals surface area contributed by atoms with Gasteiger partial charge in [0.15, 0.2) is 0 Å². The van der Waals surface area contributed by atoms with Crippen molar-refractivity contribution in [3.8, 4) is 0 Å². The van der Waals surface area contributed by atoms with Crippen molar-refractivity contribution in [2.24, 2.45) is 0 Å². The van der Waals surface area contributed by atoms with Gasteiger partial charge in [0, 0.05) is 25.0 Å². The SMILES string of the molecule is CNCCC(C)N(C)Cc1cccnc1. The fourth-order valence-electron chi connectivity index (χ4n) is 1.51. The highest BCUT2D eigenvalue weighted by molar-refractivity contribution is 5.08. The zero-order valence-corrected chi connectivity index (χ0v) is 9.90. The van der Waals surface area contributed by atoms with Crippen molar-refractivity contribution in [2.75, 3.05) is 20.6 Å². The third-order valence-corrected chi connectivity index (χ3v) is 2.72. The quantitative estimate of drug-likeness (QED) is 0.766. The first-order valence-corrected chi connectivity index (χ1v) is 5.47. The molecule has 1 aromatic heterocycles. The molecule has 1 rings (SSSR count). The Hall–Kier alpha value is -0.930. The Balaban J connectivity index is 2.38. The highest BCUT2D eigenvalue weighted by atomic mass is 15.1. The first-order valence-electron chi connectivity index (χ1n) is 5.47. The van der Waals surface area contributed by atoms with Gasteiger partial charge in [0.1, 0.15) is 0 Å². The molecule has 0 saturated carbocycles. The molecule has 3 heteroatoms. The van der Waals surface area contributed by atoms with Crippen LogP contribution in [0.1, 0.15) is 18.9 Å². The first kappa shape index (κ1) is 12.1. The van der Waals surface area contributed by atoms with Crippen molar-refractivity contribution in [2.45, 2.75) is 25.9 Å². The molecule has 1 atom stereocenters. The summed E-state index contributed by atoms with van der Waals surface area (Å²) in [5.74, 6) is 0. The maximum atomic E-state index is 4.12. The van der Waals surface area contributed by atoms with Crippen molar-refractivity contribution >= 4 is 0 Å². The van der Waals surface area contributed by atoms with E-state index in [1.807, 2.05) is 25.5 Å². The zero-order chi connectivity index (χ0) is 11.1. The molecule has 0 aliphatic rings. The highest BCUT2D eigenvalue weighted by Crippen LogP contribution is 2.06. The van der Waals surface area contributed by atoms with Crippen LogP contribution in [0.3, 0.4) is 0 Å².